The van der Waals surface area contributed by atoms with Crippen molar-refractivity contribution in [2.45, 2.75) is 33.2 Å². The Kier molecular flexibility index (Phi) is 11.7. The van der Waals surface area contributed by atoms with E-state index in [1.165, 1.54) is 0 Å². The summed E-state index contributed by atoms with van der Waals surface area (Å²) in [6.45, 7) is 8.25. The lowest BCUT2D eigenvalue weighted by atomic mass is 9.87. The summed E-state index contributed by atoms with van der Waals surface area (Å²) in [7, 11) is 1.64. The van der Waals surface area contributed by atoms with Crippen LogP contribution >= 0.6 is 12.4 Å². The number of ether oxygens (including phenoxy) is 2. The fourth-order valence-electron chi connectivity index (χ4n) is 1.13. The molecule has 1 atom stereocenters. The molecule has 6 heteroatoms. The lowest BCUT2D eigenvalue weighted by Crippen LogP contribution is -2.48. The number of nitrogens with one attached hydrogen (secondary N) is 1. The first-order valence-electron chi connectivity index (χ1n) is 5.99. The maximum absolute atomic E-state index is 11.6. The van der Waals surface area contributed by atoms with Gasteiger partial charge >= 0.3 is 0 Å². The fourth-order valence-corrected chi connectivity index (χ4v) is 1.13. The molecule has 0 heterocycles. The molecular weight excluding hydrogens is 256 g/mol. The minimum Gasteiger partial charge on any atom is -0.382 e. The molecule has 0 rings (SSSR count). The van der Waals surface area contributed by atoms with Crippen LogP contribution in [0.2, 0.25) is 0 Å². The summed E-state index contributed by atoms with van der Waals surface area (Å²) in [6.07, 6.45) is 0.784. The quantitative estimate of drug-likeness (QED) is 0.650. The van der Waals surface area contributed by atoms with Crippen molar-refractivity contribution in [1.82, 2.24) is 5.32 Å². The lowest BCUT2D eigenvalue weighted by molar-refractivity contribution is -0.124. The SMILES string of the molecule is COCCOCCCNC(=O)[C@@H](N)C(C)(C)C.Cl. The normalized spacial score (nSPS) is 12.7. The number of carbonyl (C=O) groups excluding carboxylic acids is 1. The van der Waals surface area contributed by atoms with Crippen molar-refractivity contribution in [2.24, 2.45) is 11.1 Å². The molecule has 0 aliphatic carbocycles. The van der Waals surface area contributed by atoms with Gasteiger partial charge in [-0.2, -0.15) is 0 Å². The van der Waals surface area contributed by atoms with Gasteiger partial charge in [-0.05, 0) is 11.8 Å². The van der Waals surface area contributed by atoms with Gasteiger partial charge in [-0.25, -0.2) is 0 Å². The van der Waals surface area contributed by atoms with Gasteiger partial charge in [-0.15, -0.1) is 12.4 Å². The van der Waals surface area contributed by atoms with Crippen molar-refractivity contribution in [3.8, 4) is 0 Å². The first-order valence-corrected chi connectivity index (χ1v) is 5.99. The number of hydrogen-bond acceptors (Lipinski definition) is 4. The van der Waals surface area contributed by atoms with Crippen molar-refractivity contribution in [3.05, 3.63) is 0 Å². The molecule has 0 saturated heterocycles. The largest absolute Gasteiger partial charge is 0.382 e. The topological polar surface area (TPSA) is 73.6 Å². The number of amides is 1. The van der Waals surface area contributed by atoms with Gasteiger partial charge in [0.05, 0.1) is 19.3 Å². The smallest absolute Gasteiger partial charge is 0.237 e. The Morgan fingerprint density at radius 1 is 1.28 bits per heavy atom. The minimum atomic E-state index is -0.475. The molecule has 0 unspecified atom stereocenters. The second-order valence-corrected chi connectivity index (χ2v) is 5.09. The maximum atomic E-state index is 11.6. The van der Waals surface area contributed by atoms with E-state index in [2.05, 4.69) is 5.32 Å². The van der Waals surface area contributed by atoms with E-state index in [9.17, 15) is 4.79 Å². The Morgan fingerprint density at radius 3 is 2.39 bits per heavy atom. The van der Waals surface area contributed by atoms with E-state index in [0.29, 0.717) is 26.4 Å². The Hall–Kier alpha value is -0.360. The summed E-state index contributed by atoms with van der Waals surface area (Å²) >= 11 is 0. The molecule has 0 aromatic heterocycles. The van der Waals surface area contributed by atoms with Crippen LogP contribution in [0.15, 0.2) is 0 Å². The Bertz CT molecular complexity index is 220. The summed E-state index contributed by atoms with van der Waals surface area (Å²) in [5, 5.41) is 2.80. The molecule has 110 valence electrons. The van der Waals surface area contributed by atoms with E-state index in [1.54, 1.807) is 7.11 Å². The highest BCUT2D eigenvalue weighted by molar-refractivity contribution is 5.85. The lowest BCUT2D eigenvalue weighted by Gasteiger charge is -2.25. The monoisotopic (exact) mass is 282 g/mol. The van der Waals surface area contributed by atoms with Gasteiger partial charge in [0, 0.05) is 20.3 Å². The number of carbonyl (C=O) groups is 1. The highest BCUT2D eigenvalue weighted by atomic mass is 35.5. The Balaban J connectivity index is 0. The van der Waals surface area contributed by atoms with Crippen LogP contribution in [0.4, 0.5) is 0 Å². The van der Waals surface area contributed by atoms with Gasteiger partial charge in [-0.1, -0.05) is 20.8 Å². The zero-order valence-corrected chi connectivity index (χ0v) is 12.6. The van der Waals surface area contributed by atoms with Crippen molar-refractivity contribution < 1.29 is 14.3 Å². The van der Waals surface area contributed by atoms with Gasteiger partial charge in [0.15, 0.2) is 0 Å². The molecule has 0 aromatic rings. The van der Waals surface area contributed by atoms with E-state index in [0.717, 1.165) is 6.42 Å². The van der Waals surface area contributed by atoms with E-state index < -0.39 is 6.04 Å². The van der Waals surface area contributed by atoms with Crippen LogP contribution in [-0.4, -0.2) is 45.4 Å². The molecule has 1 amide bonds. The number of nitrogens with two attached hydrogens (primary N) is 1. The summed E-state index contributed by atoms with van der Waals surface area (Å²) in [5.74, 6) is -0.102. The van der Waals surface area contributed by atoms with Crippen LogP contribution in [0.3, 0.4) is 0 Å². The van der Waals surface area contributed by atoms with Crippen molar-refractivity contribution in [1.29, 1.82) is 0 Å². The third-order valence-electron chi connectivity index (χ3n) is 2.41. The van der Waals surface area contributed by atoms with E-state index in [1.807, 2.05) is 20.8 Å². The molecule has 0 fully saturated rings. The van der Waals surface area contributed by atoms with Crippen LogP contribution in [0.25, 0.3) is 0 Å². The van der Waals surface area contributed by atoms with Crippen molar-refractivity contribution in [3.63, 3.8) is 0 Å². The van der Waals surface area contributed by atoms with Crippen LogP contribution in [0, 0.1) is 5.41 Å². The second kappa shape index (κ2) is 10.6. The van der Waals surface area contributed by atoms with Crippen LogP contribution in [-0.2, 0) is 14.3 Å². The number of halogens is 1. The van der Waals surface area contributed by atoms with Crippen LogP contribution in [0.5, 0.6) is 0 Å². The minimum absolute atomic E-state index is 0. The molecular formula is C12H27ClN2O3. The molecule has 0 radical (unpaired) electrons. The maximum Gasteiger partial charge on any atom is 0.237 e. The van der Waals surface area contributed by atoms with Gasteiger partial charge in [0.2, 0.25) is 5.91 Å². The Morgan fingerprint density at radius 2 is 1.89 bits per heavy atom. The molecule has 0 aliphatic rings. The number of rotatable bonds is 8. The van der Waals surface area contributed by atoms with Crippen molar-refractivity contribution >= 4 is 18.3 Å². The average molecular weight is 283 g/mol. The fraction of sp³-hybridized carbons (Fsp3) is 0.917. The van der Waals surface area contributed by atoms with Gasteiger partial charge in [0.1, 0.15) is 0 Å². The average Bonchev–Trinajstić information content (AvgIpc) is 2.25. The standard InChI is InChI=1S/C12H26N2O3.ClH/c1-12(2,3)10(13)11(15)14-6-5-7-17-9-8-16-4;/h10H,5-9,13H2,1-4H3,(H,14,15);1H/t10-;/m1./s1. The van der Waals surface area contributed by atoms with Gasteiger partial charge in [-0.3, -0.25) is 4.79 Å². The first-order chi connectivity index (χ1) is 7.89. The molecule has 0 spiro atoms. The van der Waals surface area contributed by atoms with Gasteiger partial charge < -0.3 is 20.5 Å². The first kappa shape index (κ1) is 20.0. The highest BCUT2D eigenvalue weighted by Gasteiger charge is 2.26. The molecule has 0 aromatic carbocycles. The molecule has 0 bridgehead atoms. The Labute approximate surface area is 116 Å². The van der Waals surface area contributed by atoms with Crippen LogP contribution in [0.1, 0.15) is 27.2 Å². The molecule has 0 saturated carbocycles. The molecule has 5 nitrogen and oxygen atoms in total. The van der Waals surface area contributed by atoms with Crippen LogP contribution < -0.4 is 11.1 Å². The van der Waals surface area contributed by atoms with Crippen molar-refractivity contribution in [2.75, 3.05) is 33.5 Å². The molecule has 18 heavy (non-hydrogen) atoms. The van der Waals surface area contributed by atoms with E-state index in [4.69, 9.17) is 15.2 Å². The van der Waals surface area contributed by atoms with Gasteiger partial charge in [0.25, 0.3) is 0 Å². The molecule has 3 N–H and O–H groups in total. The zero-order chi connectivity index (χ0) is 13.3. The summed E-state index contributed by atoms with van der Waals surface area (Å²) < 4.78 is 10.1. The third kappa shape index (κ3) is 9.65. The number of hydrogen-bond donors (Lipinski definition) is 2. The second-order valence-electron chi connectivity index (χ2n) is 5.09. The predicted molar refractivity (Wildman–Crippen MR) is 75.0 cm³/mol. The van der Waals surface area contributed by atoms with E-state index >= 15 is 0 Å². The summed E-state index contributed by atoms with van der Waals surface area (Å²) in [5.41, 5.74) is 5.61. The summed E-state index contributed by atoms with van der Waals surface area (Å²) in [6, 6.07) is -0.475. The third-order valence-corrected chi connectivity index (χ3v) is 2.41. The highest BCUT2D eigenvalue weighted by Crippen LogP contribution is 2.16. The summed E-state index contributed by atoms with van der Waals surface area (Å²) in [4.78, 5) is 11.6. The number of methoxy groups -OCH3 is 1. The zero-order valence-electron chi connectivity index (χ0n) is 11.8. The molecule has 0 aliphatic heterocycles. The van der Waals surface area contributed by atoms with E-state index in [-0.39, 0.29) is 23.7 Å². The predicted octanol–water partition coefficient (Wildman–Crippen LogP) is 0.951.